The molecule has 0 aromatic rings. The lowest BCUT2D eigenvalue weighted by atomic mass is 9.90. The Hall–Kier alpha value is -0.440. The van der Waals surface area contributed by atoms with E-state index < -0.39 is 74.4 Å². The van der Waals surface area contributed by atoms with Crippen molar-refractivity contribution < 1.29 is 55.1 Å². The average Bonchev–Trinajstić information content (AvgIpc) is 2.58. The Kier molecular flexibility index (Phi) is 6.87. The first-order valence-electron chi connectivity index (χ1n) is 7.54. The topological polar surface area (TPSA) is 190 Å². The van der Waals surface area contributed by atoms with Crippen molar-refractivity contribution in [3.8, 4) is 0 Å². The molecule has 10 atom stereocenters. The summed E-state index contributed by atoms with van der Waals surface area (Å²) in [5.74, 6) is -0.958. The largest absolute Gasteiger partial charge is 0.394 e. The van der Waals surface area contributed by atoms with Crippen molar-refractivity contribution >= 4 is 0 Å². The molecule has 10 unspecified atom stereocenters. The normalized spacial score (nSPS) is 50.0. The minimum absolute atomic E-state index is 0.362. The van der Waals surface area contributed by atoms with Crippen molar-refractivity contribution in [3.63, 3.8) is 0 Å². The third kappa shape index (κ3) is 3.86. The zero-order valence-electron chi connectivity index (χ0n) is 12.7. The van der Waals surface area contributed by atoms with E-state index >= 15 is 0 Å². The predicted octanol–water partition coefficient (Wildman–Crippen LogP) is -5.15. The summed E-state index contributed by atoms with van der Waals surface area (Å²) in [6.07, 6.45) is -13.1. The smallest absolute Gasteiger partial charge is 0.186 e. The van der Waals surface area contributed by atoms with Crippen LogP contribution in [-0.2, 0) is 14.2 Å². The second kappa shape index (κ2) is 8.29. The van der Waals surface area contributed by atoms with Crippen LogP contribution in [0, 0.1) is 5.92 Å². The van der Waals surface area contributed by atoms with Gasteiger partial charge in [0.05, 0.1) is 32.0 Å². The Labute approximate surface area is 137 Å². The van der Waals surface area contributed by atoms with E-state index in [2.05, 4.69) is 0 Å². The standard InChI is InChI=1S/C13H24O11/c14-1-5-4(7(16)10(19)12(21)23-5)3-22-13-11(20)9(18)8(17)6(2-15)24-13/h4-21H,1-3H2. The number of aliphatic hydroxyl groups excluding tert-OH is 8. The van der Waals surface area contributed by atoms with Crippen LogP contribution in [0.1, 0.15) is 0 Å². The molecule has 2 fully saturated rings. The fourth-order valence-electron chi connectivity index (χ4n) is 2.80. The highest BCUT2D eigenvalue weighted by Crippen LogP contribution is 2.28. The summed E-state index contributed by atoms with van der Waals surface area (Å²) in [6.45, 7) is -1.55. The summed E-state index contributed by atoms with van der Waals surface area (Å²) in [5.41, 5.74) is 0. The second-order valence-corrected chi connectivity index (χ2v) is 5.92. The summed E-state index contributed by atoms with van der Waals surface area (Å²) < 4.78 is 15.4. The highest BCUT2D eigenvalue weighted by molar-refractivity contribution is 4.91. The van der Waals surface area contributed by atoms with Gasteiger partial charge in [0.25, 0.3) is 0 Å². The zero-order chi connectivity index (χ0) is 18.0. The monoisotopic (exact) mass is 356 g/mol. The van der Waals surface area contributed by atoms with Gasteiger partial charge in [0.2, 0.25) is 0 Å². The first kappa shape index (κ1) is 19.9. The van der Waals surface area contributed by atoms with Crippen molar-refractivity contribution in [2.75, 3.05) is 19.8 Å². The zero-order valence-corrected chi connectivity index (χ0v) is 12.7. The van der Waals surface area contributed by atoms with Crippen LogP contribution in [0.3, 0.4) is 0 Å². The Balaban J connectivity index is 2.00. The fourth-order valence-corrected chi connectivity index (χ4v) is 2.80. The van der Waals surface area contributed by atoms with Gasteiger partial charge < -0.3 is 55.1 Å². The molecule has 0 aromatic heterocycles. The molecule has 0 saturated carbocycles. The Bertz CT molecular complexity index is 392. The summed E-state index contributed by atoms with van der Waals surface area (Å²) >= 11 is 0. The number of rotatable bonds is 5. The Morgan fingerprint density at radius 3 is 1.88 bits per heavy atom. The summed E-state index contributed by atoms with van der Waals surface area (Å²) in [7, 11) is 0. The first-order chi connectivity index (χ1) is 11.3. The fraction of sp³-hybridized carbons (Fsp3) is 1.00. The maximum Gasteiger partial charge on any atom is 0.186 e. The van der Waals surface area contributed by atoms with Crippen molar-refractivity contribution in [2.45, 2.75) is 55.3 Å². The van der Waals surface area contributed by atoms with Gasteiger partial charge in [0.1, 0.15) is 30.5 Å². The molecule has 2 aliphatic rings. The van der Waals surface area contributed by atoms with Crippen LogP contribution in [0.5, 0.6) is 0 Å². The summed E-state index contributed by atoms with van der Waals surface area (Å²) in [5, 5.41) is 76.6. The number of aliphatic hydroxyl groups is 8. The molecule has 0 aromatic carbocycles. The van der Waals surface area contributed by atoms with Crippen LogP contribution in [-0.4, -0.2) is 116 Å². The Morgan fingerprint density at radius 1 is 0.667 bits per heavy atom. The SMILES string of the molecule is OCC1OC(OCC2C(CO)OC(O)C(O)C2O)C(O)C(O)C1O. The van der Waals surface area contributed by atoms with E-state index in [-0.39, 0.29) is 6.61 Å². The van der Waals surface area contributed by atoms with Gasteiger partial charge in [-0.15, -0.1) is 0 Å². The van der Waals surface area contributed by atoms with Crippen LogP contribution >= 0.6 is 0 Å². The molecule has 24 heavy (non-hydrogen) atoms. The second-order valence-electron chi connectivity index (χ2n) is 5.92. The van der Waals surface area contributed by atoms with E-state index in [4.69, 9.17) is 19.3 Å². The van der Waals surface area contributed by atoms with Crippen molar-refractivity contribution in [1.29, 1.82) is 0 Å². The molecule has 0 radical (unpaired) electrons. The van der Waals surface area contributed by atoms with Crippen LogP contribution in [0.25, 0.3) is 0 Å². The van der Waals surface area contributed by atoms with E-state index in [0.29, 0.717) is 0 Å². The molecular weight excluding hydrogens is 332 g/mol. The quantitative estimate of drug-likeness (QED) is 0.235. The molecule has 2 rings (SSSR count). The number of ether oxygens (including phenoxy) is 3. The average molecular weight is 356 g/mol. The van der Waals surface area contributed by atoms with Crippen LogP contribution in [0.15, 0.2) is 0 Å². The lowest BCUT2D eigenvalue weighted by Crippen LogP contribution is -2.60. The van der Waals surface area contributed by atoms with Gasteiger partial charge in [-0.05, 0) is 0 Å². The molecule has 142 valence electrons. The maximum atomic E-state index is 9.98. The van der Waals surface area contributed by atoms with E-state index in [1.54, 1.807) is 0 Å². The highest BCUT2D eigenvalue weighted by Gasteiger charge is 2.47. The molecule has 8 N–H and O–H groups in total. The highest BCUT2D eigenvalue weighted by atomic mass is 16.7. The molecule has 0 spiro atoms. The molecule has 0 amide bonds. The van der Waals surface area contributed by atoms with Gasteiger partial charge in [-0.1, -0.05) is 0 Å². The van der Waals surface area contributed by atoms with Crippen molar-refractivity contribution in [1.82, 2.24) is 0 Å². The minimum Gasteiger partial charge on any atom is -0.394 e. The van der Waals surface area contributed by atoms with Gasteiger partial charge >= 0.3 is 0 Å². The van der Waals surface area contributed by atoms with Gasteiger partial charge in [0.15, 0.2) is 12.6 Å². The number of hydrogen-bond donors (Lipinski definition) is 8. The Morgan fingerprint density at radius 2 is 1.29 bits per heavy atom. The van der Waals surface area contributed by atoms with Crippen molar-refractivity contribution in [3.05, 3.63) is 0 Å². The number of hydrogen-bond acceptors (Lipinski definition) is 11. The van der Waals surface area contributed by atoms with Crippen molar-refractivity contribution in [2.24, 2.45) is 5.92 Å². The van der Waals surface area contributed by atoms with Crippen LogP contribution < -0.4 is 0 Å². The predicted molar refractivity (Wildman–Crippen MR) is 73.2 cm³/mol. The molecule has 2 saturated heterocycles. The van der Waals surface area contributed by atoms with E-state index in [1.807, 2.05) is 0 Å². The third-order valence-electron chi connectivity index (χ3n) is 4.35. The molecule has 2 heterocycles. The summed E-state index contributed by atoms with van der Waals surface area (Å²) in [6, 6.07) is 0. The lowest BCUT2D eigenvalue weighted by Gasteiger charge is -2.43. The van der Waals surface area contributed by atoms with E-state index in [9.17, 15) is 35.7 Å². The molecule has 11 heteroatoms. The third-order valence-corrected chi connectivity index (χ3v) is 4.35. The first-order valence-corrected chi connectivity index (χ1v) is 7.54. The van der Waals surface area contributed by atoms with Gasteiger partial charge in [-0.2, -0.15) is 0 Å². The van der Waals surface area contributed by atoms with E-state index in [1.165, 1.54) is 0 Å². The van der Waals surface area contributed by atoms with Gasteiger partial charge in [0, 0.05) is 5.92 Å². The minimum atomic E-state index is -1.67. The molecule has 11 nitrogen and oxygen atoms in total. The maximum absolute atomic E-state index is 9.98. The molecule has 0 bridgehead atoms. The molecule has 2 aliphatic heterocycles. The van der Waals surface area contributed by atoms with Crippen LogP contribution in [0.2, 0.25) is 0 Å². The molecule has 0 aliphatic carbocycles. The summed E-state index contributed by atoms with van der Waals surface area (Å²) in [4.78, 5) is 0. The lowest BCUT2D eigenvalue weighted by molar-refractivity contribution is -0.319. The van der Waals surface area contributed by atoms with Gasteiger partial charge in [-0.25, -0.2) is 0 Å². The van der Waals surface area contributed by atoms with Gasteiger partial charge in [-0.3, -0.25) is 0 Å². The molecular formula is C13H24O11. The van der Waals surface area contributed by atoms with E-state index in [0.717, 1.165) is 0 Å². The van der Waals surface area contributed by atoms with Crippen LogP contribution in [0.4, 0.5) is 0 Å².